The van der Waals surface area contributed by atoms with E-state index in [1.54, 1.807) is 13.8 Å². The lowest BCUT2D eigenvalue weighted by atomic mass is 10.1. The van der Waals surface area contributed by atoms with Crippen LogP contribution in [-0.2, 0) is 0 Å². The van der Waals surface area contributed by atoms with Crippen molar-refractivity contribution in [3.8, 4) is 11.8 Å². The fraction of sp³-hybridized carbons (Fsp3) is 0.286. The lowest BCUT2D eigenvalue weighted by Crippen LogP contribution is -2.24. The fourth-order valence-corrected chi connectivity index (χ4v) is 2.77. The number of benzene rings is 2. The Bertz CT molecular complexity index is 1090. The Morgan fingerprint density at radius 1 is 0.848 bits per heavy atom. The number of ether oxygens (including phenoxy) is 1. The van der Waals surface area contributed by atoms with E-state index in [9.17, 15) is 27.1 Å². The highest BCUT2D eigenvalue weighted by Crippen LogP contribution is 2.32. The Balaban J connectivity index is 1.99. The maximum atomic E-state index is 14.1. The van der Waals surface area contributed by atoms with Gasteiger partial charge in [0.2, 0.25) is 46.7 Å². The Labute approximate surface area is 185 Å². The Morgan fingerprint density at radius 2 is 1.39 bits per heavy atom. The maximum Gasteiger partial charge on any atom is 0.328 e. The first-order valence-corrected chi connectivity index (χ1v) is 9.89. The number of nitrogens with one attached hydrogen (secondary N) is 2. The first-order valence-electron chi connectivity index (χ1n) is 9.89. The Hall–Kier alpha value is -3.54. The van der Waals surface area contributed by atoms with Crippen LogP contribution in [0, 0.1) is 29.1 Å². The molecular formula is C21H20F5N5O2. The van der Waals surface area contributed by atoms with Gasteiger partial charge in [-0.15, -0.1) is 0 Å². The zero-order valence-electron chi connectivity index (χ0n) is 17.5. The lowest BCUT2D eigenvalue weighted by Gasteiger charge is -2.18. The zero-order chi connectivity index (χ0) is 24.1. The summed E-state index contributed by atoms with van der Waals surface area (Å²) in [5, 5.41) is 15.2. The van der Waals surface area contributed by atoms with Crippen LogP contribution >= 0.6 is 0 Å². The van der Waals surface area contributed by atoms with Gasteiger partial charge in [0, 0.05) is 0 Å². The van der Waals surface area contributed by atoms with Gasteiger partial charge in [0.1, 0.15) is 0 Å². The maximum absolute atomic E-state index is 14.1. The summed E-state index contributed by atoms with van der Waals surface area (Å²) in [4.78, 5) is 11.9. The summed E-state index contributed by atoms with van der Waals surface area (Å²) in [7, 11) is 0. The molecule has 0 aliphatic rings. The quantitative estimate of drug-likeness (QED) is 0.237. The van der Waals surface area contributed by atoms with Crippen LogP contribution in [0.5, 0.6) is 11.8 Å². The third-order valence-electron chi connectivity index (χ3n) is 4.67. The second kappa shape index (κ2) is 10.4. The molecule has 0 bridgehead atoms. The molecule has 1 heterocycles. The summed E-state index contributed by atoms with van der Waals surface area (Å²) in [5.41, 5.74) is 0.858. The molecule has 0 aliphatic heterocycles. The molecule has 0 radical (unpaired) electrons. The van der Waals surface area contributed by atoms with E-state index in [0.29, 0.717) is 6.42 Å². The summed E-state index contributed by atoms with van der Waals surface area (Å²) in [5.74, 6) is -12.8. The third kappa shape index (κ3) is 5.45. The lowest BCUT2D eigenvalue weighted by molar-refractivity contribution is 0.271. The van der Waals surface area contributed by atoms with Crippen molar-refractivity contribution in [1.82, 2.24) is 15.0 Å². The predicted octanol–water partition coefficient (Wildman–Crippen LogP) is 4.72. The first-order chi connectivity index (χ1) is 15.7. The van der Waals surface area contributed by atoms with Crippen LogP contribution < -0.4 is 15.4 Å². The molecule has 3 rings (SSSR count). The molecule has 0 amide bonds. The highest BCUT2D eigenvalue weighted by Gasteiger charge is 2.28. The van der Waals surface area contributed by atoms with Crippen LogP contribution in [0.4, 0.5) is 33.8 Å². The van der Waals surface area contributed by atoms with Crippen molar-refractivity contribution in [3.63, 3.8) is 0 Å². The van der Waals surface area contributed by atoms with Gasteiger partial charge in [-0.3, -0.25) is 0 Å². The van der Waals surface area contributed by atoms with E-state index in [2.05, 4.69) is 25.6 Å². The standard InChI is InChI=1S/C21H20F5N5O2/c1-3-12(9-32)28-20-29-19(27-10(2)11-7-5-4-6-8-11)30-21(31-20)33-18-16(25)14(23)13(22)15(24)17(18)26/h4-8,10,12,32H,3,9H2,1-2H3,(H2,27,28,29,30,31)/t10-,12-/m1/s1. The van der Waals surface area contributed by atoms with Gasteiger partial charge < -0.3 is 20.5 Å². The van der Waals surface area contributed by atoms with E-state index in [1.165, 1.54) is 0 Å². The van der Waals surface area contributed by atoms with Crippen molar-refractivity contribution < 1.29 is 31.8 Å². The van der Waals surface area contributed by atoms with Gasteiger partial charge in [-0.2, -0.15) is 23.7 Å². The molecule has 176 valence electrons. The van der Waals surface area contributed by atoms with E-state index in [-0.39, 0.29) is 24.5 Å². The molecule has 0 saturated heterocycles. The number of aliphatic hydroxyl groups excluding tert-OH is 1. The number of nitrogens with zero attached hydrogens (tertiary/aromatic N) is 3. The number of hydrogen-bond acceptors (Lipinski definition) is 7. The van der Waals surface area contributed by atoms with Crippen LogP contribution in [0.25, 0.3) is 0 Å². The molecule has 0 unspecified atom stereocenters. The number of aliphatic hydroxyl groups is 1. The Morgan fingerprint density at radius 3 is 1.94 bits per heavy atom. The molecule has 3 N–H and O–H groups in total. The second-order valence-electron chi connectivity index (χ2n) is 6.98. The number of aromatic nitrogens is 3. The molecule has 1 aromatic heterocycles. The molecule has 0 saturated carbocycles. The number of halogens is 5. The van der Waals surface area contributed by atoms with Crippen molar-refractivity contribution >= 4 is 11.9 Å². The molecule has 7 nitrogen and oxygen atoms in total. The molecule has 2 atom stereocenters. The summed E-state index contributed by atoms with van der Waals surface area (Å²) < 4.78 is 73.4. The average Bonchev–Trinajstić information content (AvgIpc) is 2.83. The van der Waals surface area contributed by atoms with Gasteiger partial charge in [0.25, 0.3) is 0 Å². The van der Waals surface area contributed by atoms with Crippen molar-refractivity contribution in [2.75, 3.05) is 17.2 Å². The highest BCUT2D eigenvalue weighted by atomic mass is 19.2. The summed E-state index contributed by atoms with van der Waals surface area (Å²) in [6.07, 6.45) is 0.471. The van der Waals surface area contributed by atoms with Gasteiger partial charge in [-0.25, -0.2) is 13.2 Å². The van der Waals surface area contributed by atoms with Gasteiger partial charge in [-0.05, 0) is 18.9 Å². The smallest absolute Gasteiger partial charge is 0.328 e. The summed E-state index contributed by atoms with van der Waals surface area (Å²) >= 11 is 0. The minimum Gasteiger partial charge on any atom is -0.418 e. The molecule has 12 heteroatoms. The molecule has 3 aromatic rings. The van der Waals surface area contributed by atoms with Gasteiger partial charge in [0.15, 0.2) is 0 Å². The number of rotatable bonds is 9. The number of anilines is 2. The highest BCUT2D eigenvalue weighted by molar-refractivity contribution is 5.40. The van der Waals surface area contributed by atoms with Crippen LogP contribution in [0.2, 0.25) is 0 Å². The van der Waals surface area contributed by atoms with Gasteiger partial charge in [-0.1, -0.05) is 37.3 Å². The topological polar surface area (TPSA) is 92.2 Å². The van der Waals surface area contributed by atoms with Crippen LogP contribution in [-0.4, -0.2) is 32.7 Å². The molecular weight excluding hydrogens is 449 g/mol. The summed E-state index contributed by atoms with van der Waals surface area (Å²) in [6, 6.07) is 7.60. The fourth-order valence-electron chi connectivity index (χ4n) is 2.77. The van der Waals surface area contributed by atoms with Crippen molar-refractivity contribution in [1.29, 1.82) is 0 Å². The monoisotopic (exact) mass is 469 g/mol. The minimum atomic E-state index is -2.32. The third-order valence-corrected chi connectivity index (χ3v) is 4.67. The zero-order valence-corrected chi connectivity index (χ0v) is 17.5. The minimum absolute atomic E-state index is 0.101. The van der Waals surface area contributed by atoms with Gasteiger partial charge >= 0.3 is 6.01 Å². The van der Waals surface area contributed by atoms with E-state index in [0.717, 1.165) is 5.56 Å². The van der Waals surface area contributed by atoms with E-state index in [4.69, 9.17) is 4.74 Å². The van der Waals surface area contributed by atoms with Crippen molar-refractivity contribution in [3.05, 3.63) is 65.0 Å². The van der Waals surface area contributed by atoms with E-state index >= 15 is 0 Å². The van der Waals surface area contributed by atoms with Crippen LogP contribution in [0.3, 0.4) is 0 Å². The van der Waals surface area contributed by atoms with Crippen molar-refractivity contribution in [2.24, 2.45) is 0 Å². The predicted molar refractivity (Wildman–Crippen MR) is 109 cm³/mol. The average molecular weight is 469 g/mol. The van der Waals surface area contributed by atoms with Crippen LogP contribution in [0.1, 0.15) is 31.9 Å². The normalized spacial score (nSPS) is 12.8. The second-order valence-corrected chi connectivity index (χ2v) is 6.98. The van der Waals surface area contributed by atoms with E-state index in [1.807, 2.05) is 30.3 Å². The summed E-state index contributed by atoms with van der Waals surface area (Å²) in [6.45, 7) is 3.29. The van der Waals surface area contributed by atoms with Crippen molar-refractivity contribution in [2.45, 2.75) is 32.4 Å². The molecule has 2 aromatic carbocycles. The molecule has 0 fully saturated rings. The first kappa shape index (κ1) is 24.1. The largest absolute Gasteiger partial charge is 0.418 e. The Kier molecular flexibility index (Phi) is 7.59. The van der Waals surface area contributed by atoms with Crippen LogP contribution in [0.15, 0.2) is 30.3 Å². The van der Waals surface area contributed by atoms with E-state index < -0.39 is 46.9 Å². The molecule has 0 spiro atoms. The number of hydrogen-bond donors (Lipinski definition) is 3. The van der Waals surface area contributed by atoms with Gasteiger partial charge in [0.05, 0.1) is 18.7 Å². The molecule has 33 heavy (non-hydrogen) atoms. The molecule has 0 aliphatic carbocycles. The SMILES string of the molecule is CC[C@H](CO)Nc1nc(N[C@H](C)c2ccccc2)nc(Oc2c(F)c(F)c(F)c(F)c2F)n1.